The number of ether oxygens (including phenoxy) is 2. The van der Waals surface area contributed by atoms with Crippen LogP contribution < -0.4 is 0 Å². The largest absolute Gasteiger partial charge is 0.451 e. The molecular formula is C25H33NO10. The number of H-pyrrole nitrogens is 1. The Kier molecular flexibility index (Phi) is 4.25. The first kappa shape index (κ1) is 24.5. The van der Waals surface area contributed by atoms with Gasteiger partial charge < -0.3 is 50.2 Å². The molecule has 6 aliphatic rings. The number of aromatic amines is 1. The standard InChI is InChI=1S/C25H33NO10/c1-12(2)22(32)17(35-16(29)14-6-5-9-26-14)23(33)19(11-27)10-21(31)18(22,4)25(23,34)24(36-21)15(28)13(3)7-8-20(19,24)30/h5-7,9,12,15,17,26-28,30-34H,8,10-11H2,1-4H3/t15-,17+,18-,19+,20-,21-,22+,23+,24+,25+/m0/s1. The molecule has 0 amide bonds. The van der Waals surface area contributed by atoms with E-state index in [4.69, 9.17) is 9.47 Å². The molecule has 0 aromatic carbocycles. The summed E-state index contributed by atoms with van der Waals surface area (Å²) < 4.78 is 11.9. The minimum atomic E-state index is -2.79. The summed E-state index contributed by atoms with van der Waals surface area (Å²) in [4.78, 5) is 15.9. The second-order valence-electron chi connectivity index (χ2n) is 11.9. The summed E-state index contributed by atoms with van der Waals surface area (Å²) in [5, 5.41) is 84.7. The van der Waals surface area contributed by atoms with Gasteiger partial charge in [0.15, 0.2) is 17.5 Å². The lowest BCUT2D eigenvalue weighted by atomic mass is 9.52. The van der Waals surface area contributed by atoms with Gasteiger partial charge in [0.1, 0.15) is 34.2 Å². The summed E-state index contributed by atoms with van der Waals surface area (Å²) in [6.07, 6.45) is -1.52. The van der Waals surface area contributed by atoms with Crippen LogP contribution >= 0.6 is 0 Å². The average molecular weight is 508 g/mol. The van der Waals surface area contributed by atoms with Gasteiger partial charge in [0.25, 0.3) is 0 Å². The molecule has 0 radical (unpaired) electrons. The highest BCUT2D eigenvalue weighted by atomic mass is 16.7. The molecule has 2 saturated heterocycles. The van der Waals surface area contributed by atoms with Crippen LogP contribution in [0.25, 0.3) is 0 Å². The maximum Gasteiger partial charge on any atom is 0.355 e. The van der Waals surface area contributed by atoms with Crippen molar-refractivity contribution in [2.45, 2.75) is 86.5 Å². The van der Waals surface area contributed by atoms with Gasteiger partial charge in [-0.3, -0.25) is 0 Å². The fraction of sp³-hybridized carbons (Fsp3) is 0.720. The lowest BCUT2D eigenvalue weighted by molar-refractivity contribution is -0.386. The summed E-state index contributed by atoms with van der Waals surface area (Å²) in [5.74, 6) is -4.25. The third kappa shape index (κ3) is 1.74. The fourth-order valence-electron chi connectivity index (χ4n) is 9.25. The Morgan fingerprint density at radius 3 is 2.47 bits per heavy atom. The van der Waals surface area contributed by atoms with E-state index in [0.29, 0.717) is 5.57 Å². The van der Waals surface area contributed by atoms with Crippen LogP contribution in [-0.2, 0) is 9.47 Å². The molecule has 1 spiro atoms. The average Bonchev–Trinajstić information content (AvgIpc) is 3.45. The number of nitrogens with one attached hydrogen (secondary N) is 1. The van der Waals surface area contributed by atoms with Gasteiger partial charge in [0, 0.05) is 12.6 Å². The molecule has 4 aliphatic carbocycles. The van der Waals surface area contributed by atoms with Gasteiger partial charge in [0.2, 0.25) is 0 Å². The highest BCUT2D eigenvalue weighted by Gasteiger charge is 3.10. The zero-order chi connectivity index (χ0) is 26.5. The van der Waals surface area contributed by atoms with Crippen molar-refractivity contribution in [1.29, 1.82) is 0 Å². The van der Waals surface area contributed by atoms with Gasteiger partial charge in [-0.2, -0.15) is 0 Å². The fourth-order valence-corrected chi connectivity index (χ4v) is 9.25. The number of aromatic nitrogens is 1. The monoisotopic (exact) mass is 507 g/mol. The first-order valence-corrected chi connectivity index (χ1v) is 12.2. The normalized spacial score (nSPS) is 56.3. The highest BCUT2D eigenvalue weighted by Crippen LogP contribution is 2.90. The second-order valence-corrected chi connectivity index (χ2v) is 11.9. The van der Waals surface area contributed by atoms with E-state index in [9.17, 15) is 40.5 Å². The van der Waals surface area contributed by atoms with E-state index in [2.05, 4.69) is 4.98 Å². The number of aliphatic hydroxyl groups is 7. The van der Waals surface area contributed by atoms with Gasteiger partial charge in [0.05, 0.1) is 17.4 Å². The molecule has 8 N–H and O–H groups in total. The number of aliphatic hydroxyl groups excluding tert-OH is 2. The van der Waals surface area contributed by atoms with Gasteiger partial charge in [-0.25, -0.2) is 4.79 Å². The number of rotatable bonds is 4. The van der Waals surface area contributed by atoms with Crippen molar-refractivity contribution in [1.82, 2.24) is 4.98 Å². The van der Waals surface area contributed by atoms with E-state index in [-0.39, 0.29) is 12.1 Å². The molecule has 6 bridgehead atoms. The van der Waals surface area contributed by atoms with Crippen molar-refractivity contribution in [2.24, 2.45) is 16.7 Å². The van der Waals surface area contributed by atoms with E-state index >= 15 is 0 Å². The van der Waals surface area contributed by atoms with Crippen molar-refractivity contribution in [3.8, 4) is 0 Å². The highest BCUT2D eigenvalue weighted by molar-refractivity contribution is 5.87. The second kappa shape index (κ2) is 6.24. The van der Waals surface area contributed by atoms with Crippen molar-refractivity contribution >= 4 is 5.97 Å². The summed E-state index contributed by atoms with van der Waals surface area (Å²) in [5.41, 5.74) is -16.7. The minimum absolute atomic E-state index is 0.000602. The topological polar surface area (TPSA) is 193 Å². The van der Waals surface area contributed by atoms with Gasteiger partial charge >= 0.3 is 5.97 Å². The molecule has 0 unspecified atom stereocenters. The number of carbonyl (C=O) groups excluding carboxylic acids is 1. The molecule has 11 heteroatoms. The maximum atomic E-state index is 13.2. The Bertz CT molecular complexity index is 1200. The summed E-state index contributed by atoms with van der Waals surface area (Å²) in [6.45, 7) is 5.02. The SMILES string of the molecule is CC1=CC[C@]2(O)[C@]3(CO)C[C@]4(O)O[C@@]2([C@H]1O)[C@]1(O)[C@@]3(O)[C@H](OC(=O)c2ccc[nH]2)[C@](O)(C(C)C)[C@@]14C. The smallest absolute Gasteiger partial charge is 0.355 e. The maximum absolute atomic E-state index is 13.2. The molecule has 198 valence electrons. The molecule has 3 heterocycles. The van der Waals surface area contributed by atoms with Crippen molar-refractivity contribution in [3.05, 3.63) is 35.7 Å². The van der Waals surface area contributed by atoms with Crippen molar-refractivity contribution in [3.63, 3.8) is 0 Å². The summed E-state index contributed by atoms with van der Waals surface area (Å²) in [7, 11) is 0. The molecule has 3 saturated carbocycles. The molecule has 5 fully saturated rings. The molecule has 11 nitrogen and oxygen atoms in total. The van der Waals surface area contributed by atoms with E-state index in [0.717, 1.165) is 0 Å². The quantitative estimate of drug-likeness (QED) is 0.179. The van der Waals surface area contributed by atoms with Crippen LogP contribution in [0.4, 0.5) is 0 Å². The van der Waals surface area contributed by atoms with Gasteiger partial charge in [-0.05, 0) is 43.9 Å². The first-order valence-electron chi connectivity index (χ1n) is 12.2. The Balaban J connectivity index is 1.72. The predicted octanol–water partition coefficient (Wildman–Crippen LogP) is -1.30. The lowest BCUT2D eigenvalue weighted by Gasteiger charge is -2.60. The third-order valence-electron chi connectivity index (χ3n) is 10.9. The molecule has 1 aromatic rings. The van der Waals surface area contributed by atoms with Crippen LogP contribution in [0.1, 0.15) is 51.0 Å². The molecule has 1 aromatic heterocycles. The van der Waals surface area contributed by atoms with E-state index < -0.39 is 81.7 Å². The number of carbonyl (C=O) groups is 1. The van der Waals surface area contributed by atoms with Crippen LogP contribution in [-0.4, -0.2) is 99.3 Å². The summed E-state index contributed by atoms with van der Waals surface area (Å²) >= 11 is 0. The van der Waals surface area contributed by atoms with Gasteiger partial charge in [-0.1, -0.05) is 19.9 Å². The van der Waals surface area contributed by atoms with E-state index in [1.165, 1.54) is 25.3 Å². The Morgan fingerprint density at radius 1 is 1.25 bits per heavy atom. The van der Waals surface area contributed by atoms with E-state index in [1.807, 2.05) is 0 Å². The zero-order valence-corrected chi connectivity index (χ0v) is 20.5. The summed E-state index contributed by atoms with van der Waals surface area (Å²) in [6, 6.07) is 2.97. The molecule has 10 atom stereocenters. The first-order chi connectivity index (χ1) is 16.6. The zero-order valence-electron chi connectivity index (χ0n) is 20.5. The van der Waals surface area contributed by atoms with Crippen LogP contribution in [0.3, 0.4) is 0 Å². The minimum Gasteiger partial charge on any atom is -0.451 e. The third-order valence-corrected chi connectivity index (χ3v) is 10.9. The Hall–Kier alpha value is -1.83. The molecule has 7 rings (SSSR count). The lowest BCUT2D eigenvalue weighted by Crippen LogP contribution is -2.74. The molecule has 2 aliphatic heterocycles. The number of hydrogen-bond donors (Lipinski definition) is 8. The van der Waals surface area contributed by atoms with Crippen molar-refractivity contribution < 1.29 is 50.0 Å². The van der Waals surface area contributed by atoms with Crippen LogP contribution in [0.2, 0.25) is 0 Å². The molecular weight excluding hydrogens is 474 g/mol. The predicted molar refractivity (Wildman–Crippen MR) is 120 cm³/mol. The number of esters is 1. The number of hydrogen-bond acceptors (Lipinski definition) is 10. The molecule has 36 heavy (non-hydrogen) atoms. The van der Waals surface area contributed by atoms with Crippen molar-refractivity contribution in [2.75, 3.05) is 6.61 Å². The van der Waals surface area contributed by atoms with Crippen LogP contribution in [0, 0.1) is 16.7 Å². The van der Waals surface area contributed by atoms with E-state index in [1.54, 1.807) is 26.8 Å². The van der Waals surface area contributed by atoms with Crippen LogP contribution in [0.15, 0.2) is 30.0 Å². The Morgan fingerprint density at radius 2 is 1.92 bits per heavy atom. The van der Waals surface area contributed by atoms with Gasteiger partial charge in [-0.15, -0.1) is 0 Å². The van der Waals surface area contributed by atoms with Crippen LogP contribution in [0.5, 0.6) is 0 Å². The Labute approximate surface area is 207 Å².